The molecule has 1 N–H and O–H groups in total. The van der Waals surface area contributed by atoms with E-state index in [0.29, 0.717) is 6.04 Å². The fourth-order valence-corrected chi connectivity index (χ4v) is 1.41. The largest absolute Gasteiger partial charge is 0.317 e. The van der Waals surface area contributed by atoms with Gasteiger partial charge in [0, 0.05) is 12.6 Å². The Labute approximate surface area is 70.0 Å². The molecule has 0 amide bonds. The van der Waals surface area contributed by atoms with Crippen molar-refractivity contribution in [1.29, 1.82) is 0 Å². The van der Waals surface area contributed by atoms with Gasteiger partial charge in [-0.3, -0.25) is 0 Å². The first-order valence-electron chi connectivity index (χ1n) is 4.63. The second-order valence-corrected chi connectivity index (χ2v) is 3.71. The number of nitrogens with zero attached hydrogens (tertiary/aromatic N) is 1. The average molecular weight is 156 g/mol. The van der Waals surface area contributed by atoms with Crippen molar-refractivity contribution >= 4 is 0 Å². The van der Waals surface area contributed by atoms with Crippen LogP contribution in [0.1, 0.15) is 20.3 Å². The third kappa shape index (κ3) is 2.46. The van der Waals surface area contributed by atoms with Gasteiger partial charge in [-0.05, 0) is 39.4 Å². The molecule has 2 unspecified atom stereocenters. The van der Waals surface area contributed by atoms with E-state index in [1.165, 1.54) is 26.1 Å². The minimum absolute atomic E-state index is 0.649. The molecule has 0 saturated carbocycles. The number of hydrogen-bond donors (Lipinski definition) is 1. The summed E-state index contributed by atoms with van der Waals surface area (Å²) in [7, 11) is 2.04. The van der Waals surface area contributed by atoms with Crippen LogP contribution in [-0.4, -0.2) is 37.6 Å². The second-order valence-electron chi connectivity index (χ2n) is 3.71. The summed E-state index contributed by atoms with van der Waals surface area (Å²) in [5, 5.41) is 3.29. The Hall–Kier alpha value is -0.0800. The maximum Gasteiger partial charge on any atom is 0.00735 e. The van der Waals surface area contributed by atoms with Crippen molar-refractivity contribution in [2.24, 2.45) is 5.92 Å². The molecule has 2 heteroatoms. The zero-order chi connectivity index (χ0) is 8.27. The van der Waals surface area contributed by atoms with Gasteiger partial charge >= 0.3 is 0 Å². The van der Waals surface area contributed by atoms with Gasteiger partial charge in [0.05, 0.1) is 0 Å². The average Bonchev–Trinajstić information content (AvgIpc) is 1.94. The van der Waals surface area contributed by atoms with Gasteiger partial charge in [0.2, 0.25) is 0 Å². The third-order valence-electron chi connectivity index (χ3n) is 2.80. The SMILES string of the molecule is CNC(C)C(C)CN1CCC1. The molecule has 0 aliphatic carbocycles. The first kappa shape index (κ1) is 9.01. The molecule has 0 aromatic carbocycles. The van der Waals surface area contributed by atoms with Crippen molar-refractivity contribution in [3.63, 3.8) is 0 Å². The zero-order valence-corrected chi connectivity index (χ0v) is 7.93. The van der Waals surface area contributed by atoms with E-state index in [-0.39, 0.29) is 0 Å². The van der Waals surface area contributed by atoms with E-state index in [4.69, 9.17) is 0 Å². The zero-order valence-electron chi connectivity index (χ0n) is 7.93. The fraction of sp³-hybridized carbons (Fsp3) is 1.00. The first-order chi connectivity index (χ1) is 5.24. The van der Waals surface area contributed by atoms with Gasteiger partial charge in [-0.2, -0.15) is 0 Å². The molecular formula is C9H20N2. The highest BCUT2D eigenvalue weighted by atomic mass is 15.2. The molecule has 0 aromatic heterocycles. The van der Waals surface area contributed by atoms with E-state index < -0.39 is 0 Å². The molecule has 66 valence electrons. The highest BCUT2D eigenvalue weighted by Crippen LogP contribution is 2.11. The van der Waals surface area contributed by atoms with Crippen LogP contribution in [-0.2, 0) is 0 Å². The molecule has 1 saturated heterocycles. The van der Waals surface area contributed by atoms with E-state index in [0.717, 1.165) is 5.92 Å². The number of nitrogens with one attached hydrogen (secondary N) is 1. The first-order valence-corrected chi connectivity index (χ1v) is 4.63. The minimum atomic E-state index is 0.649. The van der Waals surface area contributed by atoms with Gasteiger partial charge in [0.1, 0.15) is 0 Å². The molecule has 1 aliphatic rings. The minimum Gasteiger partial charge on any atom is -0.317 e. The molecule has 0 bridgehead atoms. The molecule has 0 spiro atoms. The Morgan fingerprint density at radius 2 is 2.00 bits per heavy atom. The van der Waals surface area contributed by atoms with Crippen LogP contribution in [0.15, 0.2) is 0 Å². The summed E-state index contributed by atoms with van der Waals surface area (Å²) in [6, 6.07) is 0.649. The van der Waals surface area contributed by atoms with Crippen molar-refractivity contribution in [1.82, 2.24) is 10.2 Å². The van der Waals surface area contributed by atoms with E-state index in [1.807, 2.05) is 7.05 Å². The number of rotatable bonds is 4. The summed E-state index contributed by atoms with van der Waals surface area (Å²) in [5.41, 5.74) is 0. The maximum atomic E-state index is 3.29. The van der Waals surface area contributed by atoms with Crippen molar-refractivity contribution in [2.45, 2.75) is 26.3 Å². The summed E-state index contributed by atoms with van der Waals surface area (Å²) in [6.45, 7) is 8.48. The molecule has 0 radical (unpaired) electrons. The van der Waals surface area contributed by atoms with Crippen LogP contribution in [0.25, 0.3) is 0 Å². The smallest absolute Gasteiger partial charge is 0.00735 e. The second kappa shape index (κ2) is 4.07. The lowest BCUT2D eigenvalue weighted by Crippen LogP contribution is -2.44. The summed E-state index contributed by atoms with van der Waals surface area (Å²) in [4.78, 5) is 2.53. The van der Waals surface area contributed by atoms with Crippen LogP contribution in [0.5, 0.6) is 0 Å². The molecule has 1 heterocycles. The van der Waals surface area contributed by atoms with E-state index >= 15 is 0 Å². The lowest BCUT2D eigenvalue weighted by Gasteiger charge is -2.34. The summed E-state index contributed by atoms with van der Waals surface area (Å²) >= 11 is 0. The lowest BCUT2D eigenvalue weighted by molar-refractivity contribution is 0.146. The van der Waals surface area contributed by atoms with Crippen molar-refractivity contribution in [3.8, 4) is 0 Å². The van der Waals surface area contributed by atoms with Gasteiger partial charge in [0.15, 0.2) is 0 Å². The predicted octanol–water partition coefficient (Wildman–Crippen LogP) is 0.936. The van der Waals surface area contributed by atoms with E-state index in [2.05, 4.69) is 24.1 Å². The maximum absolute atomic E-state index is 3.29. The quantitative estimate of drug-likeness (QED) is 0.651. The summed E-state index contributed by atoms with van der Waals surface area (Å²) in [5.74, 6) is 0.778. The summed E-state index contributed by atoms with van der Waals surface area (Å²) < 4.78 is 0. The lowest BCUT2D eigenvalue weighted by atomic mass is 10.0. The predicted molar refractivity (Wildman–Crippen MR) is 48.7 cm³/mol. The van der Waals surface area contributed by atoms with Crippen LogP contribution in [0.3, 0.4) is 0 Å². The molecule has 2 atom stereocenters. The third-order valence-corrected chi connectivity index (χ3v) is 2.80. The number of hydrogen-bond acceptors (Lipinski definition) is 2. The standard InChI is InChI=1S/C9H20N2/c1-8(9(2)10-3)7-11-5-4-6-11/h8-10H,4-7H2,1-3H3. The van der Waals surface area contributed by atoms with Gasteiger partial charge in [-0.1, -0.05) is 6.92 Å². The molecule has 1 rings (SSSR count). The highest BCUT2D eigenvalue weighted by Gasteiger charge is 2.18. The van der Waals surface area contributed by atoms with Crippen molar-refractivity contribution < 1.29 is 0 Å². The Balaban J connectivity index is 2.13. The van der Waals surface area contributed by atoms with Gasteiger partial charge in [-0.25, -0.2) is 0 Å². The topological polar surface area (TPSA) is 15.3 Å². The highest BCUT2D eigenvalue weighted by molar-refractivity contribution is 4.75. The van der Waals surface area contributed by atoms with Crippen molar-refractivity contribution in [2.75, 3.05) is 26.7 Å². The van der Waals surface area contributed by atoms with E-state index in [1.54, 1.807) is 0 Å². The van der Waals surface area contributed by atoms with Crippen LogP contribution >= 0.6 is 0 Å². The Kier molecular flexibility index (Phi) is 3.34. The van der Waals surface area contributed by atoms with E-state index in [9.17, 15) is 0 Å². The van der Waals surface area contributed by atoms with Crippen LogP contribution in [0.2, 0.25) is 0 Å². The fourth-order valence-electron chi connectivity index (χ4n) is 1.41. The molecule has 1 aliphatic heterocycles. The Morgan fingerprint density at radius 3 is 2.36 bits per heavy atom. The molecular weight excluding hydrogens is 136 g/mol. The van der Waals surface area contributed by atoms with Gasteiger partial charge in [0.25, 0.3) is 0 Å². The van der Waals surface area contributed by atoms with Crippen LogP contribution in [0, 0.1) is 5.92 Å². The molecule has 2 nitrogen and oxygen atoms in total. The Bertz CT molecular complexity index is 110. The Morgan fingerprint density at radius 1 is 1.36 bits per heavy atom. The normalized spacial score (nSPS) is 24.3. The number of likely N-dealkylation sites (tertiary alicyclic amines) is 1. The van der Waals surface area contributed by atoms with Crippen molar-refractivity contribution in [3.05, 3.63) is 0 Å². The molecule has 11 heavy (non-hydrogen) atoms. The van der Waals surface area contributed by atoms with Gasteiger partial charge < -0.3 is 10.2 Å². The monoisotopic (exact) mass is 156 g/mol. The van der Waals surface area contributed by atoms with Crippen LogP contribution in [0.4, 0.5) is 0 Å². The van der Waals surface area contributed by atoms with Crippen LogP contribution < -0.4 is 5.32 Å². The summed E-state index contributed by atoms with van der Waals surface area (Å²) in [6.07, 6.45) is 1.40. The molecule has 0 aromatic rings. The van der Waals surface area contributed by atoms with Gasteiger partial charge in [-0.15, -0.1) is 0 Å². The molecule has 1 fully saturated rings.